The first-order valence-corrected chi connectivity index (χ1v) is 6.45. The molecule has 2 aromatic heterocycles. The number of benzene rings is 1. The Labute approximate surface area is 121 Å². The fraction of sp³-hybridized carbons (Fsp3) is 0.0714. The van der Waals surface area contributed by atoms with Crippen LogP contribution in [-0.4, -0.2) is 20.2 Å². The van der Waals surface area contributed by atoms with E-state index >= 15 is 0 Å². The molecule has 0 saturated carbocycles. The minimum atomic E-state index is 0.633. The van der Waals surface area contributed by atoms with E-state index in [-0.39, 0.29) is 0 Å². The van der Waals surface area contributed by atoms with Crippen molar-refractivity contribution in [1.29, 1.82) is 0 Å². The third-order valence-electron chi connectivity index (χ3n) is 2.72. The zero-order valence-corrected chi connectivity index (χ0v) is 11.5. The first-order chi connectivity index (χ1) is 9.70. The summed E-state index contributed by atoms with van der Waals surface area (Å²) in [5.41, 5.74) is 2.66. The van der Waals surface area contributed by atoms with Crippen LogP contribution in [0.3, 0.4) is 0 Å². The van der Waals surface area contributed by atoms with E-state index in [1.165, 1.54) is 0 Å². The Balaban J connectivity index is 1.89. The van der Waals surface area contributed by atoms with Crippen molar-refractivity contribution in [1.82, 2.24) is 20.2 Å². The van der Waals surface area contributed by atoms with Crippen molar-refractivity contribution < 1.29 is 0 Å². The van der Waals surface area contributed by atoms with E-state index in [2.05, 4.69) is 25.5 Å². The monoisotopic (exact) mass is 285 g/mol. The van der Waals surface area contributed by atoms with Gasteiger partial charge in [-0.2, -0.15) is 5.10 Å². The maximum absolute atomic E-state index is 5.99. The Hall–Kier alpha value is -2.40. The van der Waals surface area contributed by atoms with Crippen LogP contribution in [0.4, 0.5) is 11.6 Å². The summed E-state index contributed by atoms with van der Waals surface area (Å²) in [4.78, 5) is 8.69. The molecule has 0 spiro atoms. The number of rotatable bonds is 3. The minimum absolute atomic E-state index is 0.633. The van der Waals surface area contributed by atoms with Crippen LogP contribution in [0.1, 0.15) is 5.69 Å². The summed E-state index contributed by atoms with van der Waals surface area (Å²) in [6.45, 7) is 1.94. The predicted molar refractivity (Wildman–Crippen MR) is 79.1 cm³/mol. The van der Waals surface area contributed by atoms with Gasteiger partial charge in [0.05, 0.1) is 18.1 Å². The SMILES string of the molecule is Cc1cc(Nc2cncc(-c3cccc(Cl)c3)n2)n[nH]1. The number of hydrogen-bond acceptors (Lipinski definition) is 4. The van der Waals surface area contributed by atoms with Crippen LogP contribution in [-0.2, 0) is 0 Å². The van der Waals surface area contributed by atoms with E-state index in [0.717, 1.165) is 17.0 Å². The second kappa shape index (κ2) is 5.30. The first-order valence-electron chi connectivity index (χ1n) is 6.08. The molecule has 0 fully saturated rings. The summed E-state index contributed by atoms with van der Waals surface area (Å²) in [6.07, 6.45) is 3.35. The molecule has 3 rings (SSSR count). The lowest BCUT2D eigenvalue weighted by molar-refractivity contribution is 1.05. The molecule has 0 aliphatic rings. The van der Waals surface area contributed by atoms with Gasteiger partial charge in [0.2, 0.25) is 0 Å². The number of nitrogens with zero attached hydrogens (tertiary/aromatic N) is 3. The van der Waals surface area contributed by atoms with E-state index in [1.807, 2.05) is 37.3 Å². The number of aromatic nitrogens is 4. The van der Waals surface area contributed by atoms with Gasteiger partial charge in [-0.1, -0.05) is 23.7 Å². The van der Waals surface area contributed by atoms with Crippen LogP contribution in [0.15, 0.2) is 42.7 Å². The van der Waals surface area contributed by atoms with Crippen molar-refractivity contribution in [3.8, 4) is 11.3 Å². The summed E-state index contributed by atoms with van der Waals surface area (Å²) in [5, 5.41) is 10.7. The zero-order valence-electron chi connectivity index (χ0n) is 10.8. The molecule has 0 radical (unpaired) electrons. The van der Waals surface area contributed by atoms with E-state index in [4.69, 9.17) is 11.6 Å². The molecule has 0 bridgehead atoms. The van der Waals surface area contributed by atoms with Crippen LogP contribution in [0.5, 0.6) is 0 Å². The number of nitrogens with one attached hydrogen (secondary N) is 2. The van der Waals surface area contributed by atoms with E-state index in [0.29, 0.717) is 16.7 Å². The van der Waals surface area contributed by atoms with Gasteiger partial charge < -0.3 is 5.32 Å². The van der Waals surface area contributed by atoms with Gasteiger partial charge in [0.15, 0.2) is 11.6 Å². The zero-order chi connectivity index (χ0) is 13.9. The Bertz CT molecular complexity index is 738. The largest absolute Gasteiger partial charge is 0.322 e. The third kappa shape index (κ3) is 2.78. The molecule has 2 heterocycles. The highest BCUT2D eigenvalue weighted by Gasteiger charge is 2.04. The minimum Gasteiger partial charge on any atom is -0.322 e. The Morgan fingerprint density at radius 2 is 2.05 bits per heavy atom. The molecule has 2 N–H and O–H groups in total. The number of hydrogen-bond donors (Lipinski definition) is 2. The molecule has 20 heavy (non-hydrogen) atoms. The highest BCUT2D eigenvalue weighted by molar-refractivity contribution is 6.30. The molecule has 0 aliphatic heterocycles. The standard InChI is InChI=1S/C14H12ClN5/c1-9-5-13(20-19-9)18-14-8-16-7-12(17-14)10-3-2-4-11(15)6-10/h2-8H,1H3,(H2,17,18,19,20). The summed E-state index contributed by atoms with van der Waals surface area (Å²) in [6, 6.07) is 9.41. The summed E-state index contributed by atoms with van der Waals surface area (Å²) in [7, 11) is 0. The Morgan fingerprint density at radius 3 is 2.80 bits per heavy atom. The number of anilines is 2. The number of H-pyrrole nitrogens is 1. The fourth-order valence-corrected chi connectivity index (χ4v) is 2.02. The Morgan fingerprint density at radius 1 is 1.15 bits per heavy atom. The average molecular weight is 286 g/mol. The van der Waals surface area contributed by atoms with Gasteiger partial charge in [-0.15, -0.1) is 0 Å². The van der Waals surface area contributed by atoms with Gasteiger partial charge in [0.25, 0.3) is 0 Å². The lowest BCUT2D eigenvalue weighted by atomic mass is 10.2. The average Bonchev–Trinajstić information content (AvgIpc) is 2.84. The number of halogens is 1. The topological polar surface area (TPSA) is 66.5 Å². The lowest BCUT2D eigenvalue weighted by Gasteiger charge is -2.05. The molecule has 0 unspecified atom stereocenters. The van der Waals surface area contributed by atoms with Gasteiger partial charge in [-0.25, -0.2) is 4.98 Å². The fourth-order valence-electron chi connectivity index (χ4n) is 1.83. The summed E-state index contributed by atoms with van der Waals surface area (Å²) < 4.78 is 0. The first kappa shape index (κ1) is 12.6. The molecule has 5 nitrogen and oxygen atoms in total. The molecule has 100 valence electrons. The second-order valence-corrected chi connectivity index (χ2v) is 4.80. The highest BCUT2D eigenvalue weighted by Crippen LogP contribution is 2.22. The van der Waals surface area contributed by atoms with E-state index in [9.17, 15) is 0 Å². The van der Waals surface area contributed by atoms with Crippen molar-refractivity contribution in [2.45, 2.75) is 6.92 Å². The molecular formula is C14H12ClN5. The van der Waals surface area contributed by atoms with Crippen molar-refractivity contribution >= 4 is 23.2 Å². The highest BCUT2D eigenvalue weighted by atomic mass is 35.5. The van der Waals surface area contributed by atoms with Crippen molar-refractivity contribution in [3.05, 3.63) is 53.4 Å². The van der Waals surface area contributed by atoms with Gasteiger partial charge in [-0.05, 0) is 19.1 Å². The van der Waals surface area contributed by atoms with Crippen LogP contribution < -0.4 is 5.32 Å². The van der Waals surface area contributed by atoms with Crippen molar-refractivity contribution in [2.24, 2.45) is 0 Å². The molecule has 6 heteroatoms. The Kier molecular flexibility index (Phi) is 3.35. The quantitative estimate of drug-likeness (QED) is 0.772. The van der Waals surface area contributed by atoms with Gasteiger partial charge in [-0.3, -0.25) is 10.1 Å². The number of aromatic amines is 1. The van der Waals surface area contributed by atoms with E-state index < -0.39 is 0 Å². The van der Waals surface area contributed by atoms with Crippen LogP contribution in [0.25, 0.3) is 11.3 Å². The van der Waals surface area contributed by atoms with Gasteiger partial charge >= 0.3 is 0 Å². The van der Waals surface area contributed by atoms with Crippen molar-refractivity contribution in [3.63, 3.8) is 0 Å². The van der Waals surface area contributed by atoms with Crippen LogP contribution in [0, 0.1) is 6.92 Å². The smallest absolute Gasteiger partial charge is 0.153 e. The number of aryl methyl sites for hydroxylation is 1. The van der Waals surface area contributed by atoms with Gasteiger partial charge in [0.1, 0.15) is 0 Å². The van der Waals surface area contributed by atoms with Crippen molar-refractivity contribution in [2.75, 3.05) is 5.32 Å². The van der Waals surface area contributed by atoms with Gasteiger partial charge in [0, 0.05) is 22.3 Å². The molecule has 0 saturated heterocycles. The molecule has 1 aromatic carbocycles. The van der Waals surface area contributed by atoms with Crippen LogP contribution >= 0.6 is 11.6 Å². The maximum atomic E-state index is 5.99. The maximum Gasteiger partial charge on any atom is 0.153 e. The molecule has 0 aliphatic carbocycles. The summed E-state index contributed by atoms with van der Waals surface area (Å²) >= 11 is 5.99. The predicted octanol–water partition coefficient (Wildman–Crippen LogP) is 3.57. The van der Waals surface area contributed by atoms with E-state index in [1.54, 1.807) is 12.4 Å². The second-order valence-electron chi connectivity index (χ2n) is 4.36. The molecular weight excluding hydrogens is 274 g/mol. The van der Waals surface area contributed by atoms with Crippen LogP contribution in [0.2, 0.25) is 5.02 Å². The lowest BCUT2D eigenvalue weighted by Crippen LogP contribution is -1.96. The molecule has 0 atom stereocenters. The third-order valence-corrected chi connectivity index (χ3v) is 2.95. The normalized spacial score (nSPS) is 10.5. The molecule has 3 aromatic rings. The molecule has 0 amide bonds. The summed E-state index contributed by atoms with van der Waals surface area (Å²) in [5.74, 6) is 1.34.